The molecule has 0 bridgehead atoms. The van der Waals surface area contributed by atoms with Crippen LogP contribution >= 0.6 is 11.8 Å². The van der Waals surface area contributed by atoms with Gasteiger partial charge in [-0.15, -0.1) is 0 Å². The van der Waals surface area contributed by atoms with Gasteiger partial charge in [0.05, 0.1) is 0 Å². The molecule has 0 spiro atoms. The van der Waals surface area contributed by atoms with E-state index in [2.05, 4.69) is 6.92 Å². The predicted octanol–water partition coefficient (Wildman–Crippen LogP) is 0.190. The molecule has 0 saturated carbocycles. The molecule has 0 aromatic rings. The zero-order valence-electron chi connectivity index (χ0n) is 6.88. The molecule has 0 aliphatic heterocycles. The van der Waals surface area contributed by atoms with Crippen LogP contribution in [0.2, 0.25) is 0 Å². The maximum Gasteiger partial charge on any atom is 0.218 e. The molecule has 0 aliphatic carbocycles. The summed E-state index contributed by atoms with van der Waals surface area (Å²) in [6, 6.07) is 0. The summed E-state index contributed by atoms with van der Waals surface area (Å²) in [7, 11) is 0. The molecule has 0 heterocycles. The maximum absolute atomic E-state index is 10.3. The Kier molecular flexibility index (Phi) is 6.36. The summed E-state index contributed by atoms with van der Waals surface area (Å²) >= 11 is 1.73. The number of carbonyl (C=O) groups excluding carboxylic acids is 1. The Morgan fingerprint density at radius 3 is 2.73 bits per heavy atom. The second-order valence-corrected chi connectivity index (χ2v) is 3.78. The average Bonchev–Trinajstić information content (AvgIpc) is 1.97. The number of amides is 1. The second-order valence-electron chi connectivity index (χ2n) is 2.63. The molecule has 1 amide bonds. The lowest BCUT2D eigenvalue weighted by atomic mass is 10.2. The topological polar surface area (TPSA) is 69.1 Å². The third kappa shape index (κ3) is 7.68. The molecule has 3 nitrogen and oxygen atoms in total. The molecule has 4 heteroatoms. The Morgan fingerprint density at radius 2 is 2.27 bits per heavy atom. The van der Waals surface area contributed by atoms with Crippen molar-refractivity contribution in [3.63, 3.8) is 0 Å². The fourth-order valence-electron chi connectivity index (χ4n) is 0.525. The van der Waals surface area contributed by atoms with Crippen molar-refractivity contribution in [2.75, 3.05) is 18.1 Å². The lowest BCUT2D eigenvalue weighted by molar-refractivity contribution is -0.117. The maximum atomic E-state index is 10.3. The summed E-state index contributed by atoms with van der Waals surface area (Å²) in [4.78, 5) is 10.3. The van der Waals surface area contributed by atoms with Crippen LogP contribution in [0.15, 0.2) is 0 Å². The van der Waals surface area contributed by atoms with Crippen molar-refractivity contribution < 1.29 is 4.79 Å². The van der Waals surface area contributed by atoms with Gasteiger partial charge in [0.15, 0.2) is 0 Å². The second kappa shape index (κ2) is 6.49. The van der Waals surface area contributed by atoms with Crippen molar-refractivity contribution >= 4 is 17.7 Å². The van der Waals surface area contributed by atoms with Gasteiger partial charge in [-0.25, -0.2) is 0 Å². The Labute approximate surface area is 71.9 Å². The lowest BCUT2D eigenvalue weighted by Gasteiger charge is -2.05. The van der Waals surface area contributed by atoms with E-state index in [0.717, 1.165) is 11.5 Å². The summed E-state index contributed by atoms with van der Waals surface area (Å²) < 4.78 is 0. The number of thioether (sulfide) groups is 1. The highest BCUT2D eigenvalue weighted by Crippen LogP contribution is 2.07. The highest BCUT2D eigenvalue weighted by Gasteiger charge is 1.99. The molecule has 0 fully saturated rings. The van der Waals surface area contributed by atoms with E-state index in [1.165, 1.54) is 0 Å². The van der Waals surface area contributed by atoms with Crippen LogP contribution in [0.5, 0.6) is 0 Å². The van der Waals surface area contributed by atoms with Gasteiger partial charge in [0, 0.05) is 12.2 Å². The third-order valence-electron chi connectivity index (χ3n) is 1.30. The Morgan fingerprint density at radius 1 is 1.64 bits per heavy atom. The van der Waals surface area contributed by atoms with E-state index in [0.29, 0.717) is 18.9 Å². The van der Waals surface area contributed by atoms with Crippen LogP contribution in [0.25, 0.3) is 0 Å². The van der Waals surface area contributed by atoms with Crippen LogP contribution in [0.3, 0.4) is 0 Å². The quantitative estimate of drug-likeness (QED) is 0.568. The third-order valence-corrected chi connectivity index (χ3v) is 2.60. The van der Waals surface area contributed by atoms with E-state index in [9.17, 15) is 4.79 Å². The molecule has 0 rings (SSSR count). The first-order valence-electron chi connectivity index (χ1n) is 3.73. The van der Waals surface area contributed by atoms with Gasteiger partial charge in [-0.05, 0) is 18.2 Å². The largest absolute Gasteiger partial charge is 0.370 e. The first kappa shape index (κ1) is 10.8. The van der Waals surface area contributed by atoms with Gasteiger partial charge >= 0.3 is 0 Å². The molecule has 4 N–H and O–H groups in total. The van der Waals surface area contributed by atoms with E-state index in [1.54, 1.807) is 11.8 Å². The summed E-state index contributed by atoms with van der Waals surface area (Å²) in [6.45, 7) is 2.81. The first-order chi connectivity index (χ1) is 5.16. The number of carbonyl (C=O) groups is 1. The Hall–Kier alpha value is -0.220. The average molecular weight is 176 g/mol. The molecule has 0 saturated heterocycles. The number of rotatable bonds is 6. The van der Waals surface area contributed by atoms with E-state index >= 15 is 0 Å². The molecule has 11 heavy (non-hydrogen) atoms. The van der Waals surface area contributed by atoms with E-state index < -0.39 is 0 Å². The summed E-state index contributed by atoms with van der Waals surface area (Å²) in [5, 5.41) is 0. The summed E-state index contributed by atoms with van der Waals surface area (Å²) in [5.41, 5.74) is 10.4. The van der Waals surface area contributed by atoms with Crippen molar-refractivity contribution in [2.24, 2.45) is 17.4 Å². The molecule has 0 radical (unpaired) electrons. The van der Waals surface area contributed by atoms with Crippen LogP contribution in [0.1, 0.15) is 13.3 Å². The minimum absolute atomic E-state index is 0.224. The molecule has 66 valence electrons. The zero-order valence-corrected chi connectivity index (χ0v) is 7.69. The van der Waals surface area contributed by atoms with Gasteiger partial charge in [0.2, 0.25) is 5.91 Å². The molecular formula is C7H16N2OS. The zero-order chi connectivity index (χ0) is 8.69. The fraction of sp³-hybridized carbons (Fsp3) is 0.857. The van der Waals surface area contributed by atoms with Crippen LogP contribution in [0.4, 0.5) is 0 Å². The Bertz CT molecular complexity index is 119. The van der Waals surface area contributed by atoms with E-state index in [4.69, 9.17) is 11.5 Å². The van der Waals surface area contributed by atoms with Crippen LogP contribution < -0.4 is 11.5 Å². The molecular weight excluding hydrogens is 160 g/mol. The van der Waals surface area contributed by atoms with Crippen LogP contribution in [-0.4, -0.2) is 24.0 Å². The van der Waals surface area contributed by atoms with Crippen molar-refractivity contribution in [3.8, 4) is 0 Å². The molecule has 0 aromatic carbocycles. The van der Waals surface area contributed by atoms with Crippen molar-refractivity contribution in [1.82, 2.24) is 0 Å². The normalized spacial score (nSPS) is 12.9. The number of primary amides is 1. The van der Waals surface area contributed by atoms with Gasteiger partial charge in [-0.1, -0.05) is 6.92 Å². The van der Waals surface area contributed by atoms with Gasteiger partial charge in [0.1, 0.15) is 0 Å². The van der Waals surface area contributed by atoms with E-state index in [1.807, 2.05) is 0 Å². The molecule has 1 atom stereocenters. The molecule has 0 aliphatic rings. The monoisotopic (exact) mass is 176 g/mol. The van der Waals surface area contributed by atoms with Crippen molar-refractivity contribution in [2.45, 2.75) is 13.3 Å². The van der Waals surface area contributed by atoms with Gasteiger partial charge in [-0.3, -0.25) is 4.79 Å². The highest BCUT2D eigenvalue weighted by molar-refractivity contribution is 7.99. The standard InChI is InChI=1S/C7H16N2OS/c1-6(4-8)5-11-3-2-7(9)10/h6H,2-5,8H2,1H3,(H2,9,10). The minimum Gasteiger partial charge on any atom is -0.370 e. The van der Waals surface area contributed by atoms with Gasteiger partial charge in [0.25, 0.3) is 0 Å². The molecule has 0 aromatic heterocycles. The lowest BCUT2D eigenvalue weighted by Crippen LogP contribution is -2.14. The minimum atomic E-state index is -0.224. The number of nitrogens with two attached hydrogens (primary N) is 2. The van der Waals surface area contributed by atoms with Crippen LogP contribution in [-0.2, 0) is 4.79 Å². The highest BCUT2D eigenvalue weighted by atomic mass is 32.2. The first-order valence-corrected chi connectivity index (χ1v) is 4.88. The number of hydrogen-bond donors (Lipinski definition) is 2. The summed E-state index contributed by atoms with van der Waals surface area (Å²) in [5.74, 6) is 2.15. The van der Waals surface area contributed by atoms with Gasteiger partial charge < -0.3 is 11.5 Å². The SMILES string of the molecule is CC(CN)CSCCC(N)=O. The van der Waals surface area contributed by atoms with Gasteiger partial charge in [-0.2, -0.15) is 11.8 Å². The smallest absolute Gasteiger partial charge is 0.218 e. The fourth-order valence-corrected chi connectivity index (χ4v) is 1.58. The molecule has 1 unspecified atom stereocenters. The van der Waals surface area contributed by atoms with E-state index in [-0.39, 0.29) is 5.91 Å². The van der Waals surface area contributed by atoms with Crippen LogP contribution in [0, 0.1) is 5.92 Å². The van der Waals surface area contributed by atoms with Crippen molar-refractivity contribution in [1.29, 1.82) is 0 Å². The summed E-state index contributed by atoms with van der Waals surface area (Å²) in [6.07, 6.45) is 0.474. The Balaban J connectivity index is 3.08. The van der Waals surface area contributed by atoms with Crippen molar-refractivity contribution in [3.05, 3.63) is 0 Å². The number of hydrogen-bond acceptors (Lipinski definition) is 3. The predicted molar refractivity (Wildman–Crippen MR) is 49.4 cm³/mol.